The number of aliphatic hydroxyl groups excluding tert-OH is 1. The van der Waals surface area contributed by atoms with Crippen molar-refractivity contribution in [1.82, 2.24) is 0 Å². The van der Waals surface area contributed by atoms with Gasteiger partial charge in [0.05, 0.1) is 6.10 Å². The van der Waals surface area contributed by atoms with E-state index in [4.69, 9.17) is 5.11 Å². The van der Waals surface area contributed by atoms with Gasteiger partial charge in [0.15, 0.2) is 0 Å². The molecule has 0 saturated heterocycles. The second-order valence-corrected chi connectivity index (χ2v) is 3.10. The lowest BCUT2D eigenvalue weighted by atomic mass is 10.1. The van der Waals surface area contributed by atoms with Crippen LogP contribution in [0.5, 0.6) is 0 Å². The minimum absolute atomic E-state index is 0.242. The highest BCUT2D eigenvalue weighted by molar-refractivity contribution is 5.63. The van der Waals surface area contributed by atoms with Gasteiger partial charge in [0.1, 0.15) is 5.82 Å². The number of halogens is 1. The van der Waals surface area contributed by atoms with Gasteiger partial charge in [0.2, 0.25) is 0 Å². The van der Waals surface area contributed by atoms with E-state index in [-0.39, 0.29) is 5.82 Å². The van der Waals surface area contributed by atoms with E-state index in [0.717, 1.165) is 11.1 Å². The fourth-order valence-electron chi connectivity index (χ4n) is 1.17. The lowest BCUT2D eigenvalue weighted by Gasteiger charge is -2.02. The SMILES string of the molecule is C/C(=C/C(C)O)c1ccc(F)cc1. The van der Waals surface area contributed by atoms with Crippen molar-refractivity contribution >= 4 is 5.57 Å². The smallest absolute Gasteiger partial charge is 0.123 e. The molecule has 13 heavy (non-hydrogen) atoms. The Morgan fingerprint density at radius 1 is 1.38 bits per heavy atom. The van der Waals surface area contributed by atoms with E-state index in [2.05, 4.69) is 0 Å². The number of rotatable bonds is 2. The van der Waals surface area contributed by atoms with Crippen molar-refractivity contribution in [2.75, 3.05) is 0 Å². The Bertz CT molecular complexity index is 298. The lowest BCUT2D eigenvalue weighted by Crippen LogP contribution is -1.94. The zero-order valence-corrected chi connectivity index (χ0v) is 7.79. The summed E-state index contributed by atoms with van der Waals surface area (Å²) in [6.07, 6.45) is 1.26. The minimum atomic E-state index is -0.468. The standard InChI is InChI=1S/C11H13FO/c1-8(7-9(2)13)10-3-5-11(12)6-4-10/h3-7,9,13H,1-2H3/b8-7-. The van der Waals surface area contributed by atoms with Crippen LogP contribution in [0.4, 0.5) is 4.39 Å². The van der Waals surface area contributed by atoms with Crippen molar-refractivity contribution in [3.8, 4) is 0 Å². The molecule has 0 radical (unpaired) electrons. The van der Waals surface area contributed by atoms with Gasteiger partial charge in [-0.15, -0.1) is 0 Å². The van der Waals surface area contributed by atoms with Gasteiger partial charge in [-0.1, -0.05) is 18.2 Å². The molecule has 0 amide bonds. The molecule has 0 aliphatic heterocycles. The molecule has 2 heteroatoms. The van der Waals surface area contributed by atoms with Gasteiger partial charge in [-0.2, -0.15) is 0 Å². The van der Waals surface area contributed by atoms with Crippen molar-refractivity contribution < 1.29 is 9.50 Å². The molecule has 0 spiro atoms. The molecule has 1 unspecified atom stereocenters. The van der Waals surface area contributed by atoms with Gasteiger partial charge >= 0.3 is 0 Å². The molecule has 1 atom stereocenters. The van der Waals surface area contributed by atoms with E-state index in [1.54, 1.807) is 25.1 Å². The molecule has 0 bridgehead atoms. The second kappa shape index (κ2) is 4.19. The summed E-state index contributed by atoms with van der Waals surface area (Å²) in [5.74, 6) is -0.242. The molecule has 0 aliphatic carbocycles. The van der Waals surface area contributed by atoms with Gasteiger partial charge in [0, 0.05) is 0 Å². The quantitative estimate of drug-likeness (QED) is 0.741. The highest BCUT2D eigenvalue weighted by Crippen LogP contribution is 2.14. The third-order valence-electron chi connectivity index (χ3n) is 1.79. The minimum Gasteiger partial charge on any atom is -0.389 e. The maximum atomic E-state index is 12.5. The number of hydrogen-bond donors (Lipinski definition) is 1. The predicted molar refractivity (Wildman–Crippen MR) is 51.7 cm³/mol. The van der Waals surface area contributed by atoms with Crippen LogP contribution < -0.4 is 0 Å². The Labute approximate surface area is 77.5 Å². The van der Waals surface area contributed by atoms with Crippen LogP contribution in [-0.2, 0) is 0 Å². The lowest BCUT2D eigenvalue weighted by molar-refractivity contribution is 0.244. The fourth-order valence-corrected chi connectivity index (χ4v) is 1.17. The average molecular weight is 180 g/mol. The van der Waals surface area contributed by atoms with Crippen molar-refractivity contribution in [2.24, 2.45) is 0 Å². The molecule has 1 aromatic carbocycles. The normalized spacial score (nSPS) is 14.3. The molecule has 70 valence electrons. The predicted octanol–water partition coefficient (Wildman–Crippen LogP) is 2.61. The van der Waals surface area contributed by atoms with E-state index >= 15 is 0 Å². The van der Waals surface area contributed by atoms with E-state index in [0.29, 0.717) is 0 Å². The topological polar surface area (TPSA) is 20.2 Å². The zero-order valence-electron chi connectivity index (χ0n) is 7.79. The summed E-state index contributed by atoms with van der Waals surface area (Å²) >= 11 is 0. The molecule has 1 N–H and O–H groups in total. The maximum Gasteiger partial charge on any atom is 0.123 e. The third-order valence-corrected chi connectivity index (χ3v) is 1.79. The third kappa shape index (κ3) is 2.99. The van der Waals surface area contributed by atoms with Crippen molar-refractivity contribution in [3.63, 3.8) is 0 Å². The molecule has 1 rings (SSSR count). The molecule has 1 nitrogen and oxygen atoms in total. The number of aliphatic hydroxyl groups is 1. The van der Waals surface area contributed by atoms with Crippen molar-refractivity contribution in [1.29, 1.82) is 0 Å². The van der Waals surface area contributed by atoms with Crippen molar-refractivity contribution in [3.05, 3.63) is 41.7 Å². The van der Waals surface area contributed by atoms with Crippen LogP contribution in [0.15, 0.2) is 30.3 Å². The highest BCUT2D eigenvalue weighted by Gasteiger charge is 1.97. The fraction of sp³-hybridized carbons (Fsp3) is 0.273. The van der Waals surface area contributed by atoms with Crippen LogP contribution in [-0.4, -0.2) is 11.2 Å². The second-order valence-electron chi connectivity index (χ2n) is 3.10. The molecule has 0 aliphatic rings. The van der Waals surface area contributed by atoms with E-state index < -0.39 is 6.10 Å². The first-order valence-electron chi connectivity index (χ1n) is 4.22. The monoisotopic (exact) mass is 180 g/mol. The van der Waals surface area contributed by atoms with E-state index in [1.165, 1.54) is 12.1 Å². The summed E-state index contributed by atoms with van der Waals surface area (Å²) in [4.78, 5) is 0. The Morgan fingerprint density at radius 2 is 1.92 bits per heavy atom. The summed E-state index contributed by atoms with van der Waals surface area (Å²) in [5, 5.41) is 9.09. The Morgan fingerprint density at radius 3 is 2.38 bits per heavy atom. The van der Waals surface area contributed by atoms with Gasteiger partial charge in [-0.05, 0) is 37.1 Å². The summed E-state index contributed by atoms with van der Waals surface area (Å²) in [5.41, 5.74) is 1.89. The van der Waals surface area contributed by atoms with Crippen LogP contribution in [0.3, 0.4) is 0 Å². The summed E-state index contributed by atoms with van der Waals surface area (Å²) in [6.45, 7) is 3.58. The largest absolute Gasteiger partial charge is 0.389 e. The van der Waals surface area contributed by atoms with Gasteiger partial charge < -0.3 is 5.11 Å². The Hall–Kier alpha value is -1.15. The summed E-state index contributed by atoms with van der Waals surface area (Å²) in [6, 6.07) is 6.22. The number of hydrogen-bond acceptors (Lipinski definition) is 1. The molecule has 0 aromatic heterocycles. The number of allylic oxidation sites excluding steroid dienone is 1. The summed E-state index contributed by atoms with van der Waals surface area (Å²) in [7, 11) is 0. The molecule has 1 aromatic rings. The van der Waals surface area contributed by atoms with Gasteiger partial charge in [-0.25, -0.2) is 4.39 Å². The Kier molecular flexibility index (Phi) is 3.20. The van der Waals surface area contributed by atoms with E-state index in [9.17, 15) is 4.39 Å². The van der Waals surface area contributed by atoms with Crippen LogP contribution in [0.25, 0.3) is 5.57 Å². The van der Waals surface area contributed by atoms with Crippen molar-refractivity contribution in [2.45, 2.75) is 20.0 Å². The first-order valence-corrected chi connectivity index (χ1v) is 4.22. The van der Waals surface area contributed by atoms with Crippen LogP contribution >= 0.6 is 0 Å². The molecule has 0 fully saturated rings. The highest BCUT2D eigenvalue weighted by atomic mass is 19.1. The van der Waals surface area contributed by atoms with Crippen LogP contribution in [0.1, 0.15) is 19.4 Å². The van der Waals surface area contributed by atoms with Gasteiger partial charge in [0.25, 0.3) is 0 Å². The van der Waals surface area contributed by atoms with E-state index in [1.807, 2.05) is 6.92 Å². The zero-order chi connectivity index (χ0) is 9.84. The maximum absolute atomic E-state index is 12.5. The molecular formula is C11H13FO. The first kappa shape index (κ1) is 9.93. The molecule has 0 saturated carbocycles. The Balaban J connectivity index is 2.89. The molecular weight excluding hydrogens is 167 g/mol. The first-order chi connectivity index (χ1) is 6.09. The van der Waals surface area contributed by atoms with Crippen LogP contribution in [0.2, 0.25) is 0 Å². The molecule has 0 heterocycles. The van der Waals surface area contributed by atoms with Crippen LogP contribution in [0, 0.1) is 5.82 Å². The number of benzene rings is 1. The average Bonchev–Trinajstić information content (AvgIpc) is 2.04. The van der Waals surface area contributed by atoms with Gasteiger partial charge in [-0.3, -0.25) is 0 Å². The summed E-state index contributed by atoms with van der Waals surface area (Å²) < 4.78 is 12.5.